The molecule has 2 aromatic carbocycles. The van der Waals surface area contributed by atoms with Gasteiger partial charge in [0.25, 0.3) is 5.91 Å². The Balaban J connectivity index is 1.58. The molecule has 1 heterocycles. The van der Waals surface area contributed by atoms with Crippen LogP contribution in [0, 0.1) is 0 Å². The van der Waals surface area contributed by atoms with Crippen molar-refractivity contribution in [3.63, 3.8) is 0 Å². The molecule has 0 saturated carbocycles. The highest BCUT2D eigenvalue weighted by atomic mass is 16.5. The molecule has 0 fully saturated rings. The Kier molecular flexibility index (Phi) is 5.78. The van der Waals surface area contributed by atoms with Gasteiger partial charge in [-0.25, -0.2) is 4.79 Å². The second kappa shape index (κ2) is 8.43. The quantitative estimate of drug-likeness (QED) is 0.755. The SMILES string of the molecule is COc1ccc(CNC(=O)CCN2C(=O)COc3ccccc32)cc1C(=O)O. The van der Waals surface area contributed by atoms with Gasteiger partial charge in [-0.1, -0.05) is 18.2 Å². The molecule has 8 nitrogen and oxygen atoms in total. The predicted octanol–water partition coefficient (Wildman–Crippen LogP) is 1.83. The Labute approximate surface area is 161 Å². The summed E-state index contributed by atoms with van der Waals surface area (Å²) >= 11 is 0. The van der Waals surface area contributed by atoms with Crippen molar-refractivity contribution >= 4 is 23.5 Å². The summed E-state index contributed by atoms with van der Waals surface area (Å²) in [5, 5.41) is 12.0. The Morgan fingerprint density at radius 3 is 2.79 bits per heavy atom. The average Bonchev–Trinajstić information content (AvgIpc) is 2.71. The maximum absolute atomic E-state index is 12.2. The van der Waals surface area contributed by atoms with E-state index in [1.807, 2.05) is 6.07 Å². The molecule has 3 rings (SSSR count). The maximum Gasteiger partial charge on any atom is 0.339 e. The van der Waals surface area contributed by atoms with Crippen molar-refractivity contribution in [2.45, 2.75) is 13.0 Å². The van der Waals surface area contributed by atoms with Gasteiger partial charge < -0.3 is 24.8 Å². The molecule has 0 bridgehead atoms. The molecule has 0 spiro atoms. The van der Waals surface area contributed by atoms with Crippen LogP contribution in [0.1, 0.15) is 22.3 Å². The van der Waals surface area contributed by atoms with E-state index < -0.39 is 5.97 Å². The normalized spacial score (nSPS) is 12.8. The van der Waals surface area contributed by atoms with Gasteiger partial charge in [0.2, 0.25) is 5.91 Å². The van der Waals surface area contributed by atoms with Gasteiger partial charge in [-0.2, -0.15) is 0 Å². The second-order valence-corrected chi connectivity index (χ2v) is 6.17. The van der Waals surface area contributed by atoms with Crippen molar-refractivity contribution in [1.82, 2.24) is 5.32 Å². The monoisotopic (exact) mass is 384 g/mol. The summed E-state index contributed by atoms with van der Waals surface area (Å²) in [5.41, 5.74) is 1.32. The predicted molar refractivity (Wildman–Crippen MR) is 101 cm³/mol. The van der Waals surface area contributed by atoms with Crippen LogP contribution in [0.15, 0.2) is 42.5 Å². The lowest BCUT2D eigenvalue weighted by Crippen LogP contribution is -2.41. The minimum atomic E-state index is -1.10. The minimum Gasteiger partial charge on any atom is -0.496 e. The van der Waals surface area contributed by atoms with Crippen molar-refractivity contribution in [2.75, 3.05) is 25.2 Å². The second-order valence-electron chi connectivity index (χ2n) is 6.17. The van der Waals surface area contributed by atoms with Crippen molar-refractivity contribution in [2.24, 2.45) is 0 Å². The number of hydrogen-bond donors (Lipinski definition) is 2. The van der Waals surface area contributed by atoms with Crippen molar-refractivity contribution < 1.29 is 29.0 Å². The van der Waals surface area contributed by atoms with Gasteiger partial charge in [0.15, 0.2) is 6.61 Å². The maximum atomic E-state index is 12.2. The zero-order valence-corrected chi connectivity index (χ0v) is 15.3. The highest BCUT2D eigenvalue weighted by Gasteiger charge is 2.25. The van der Waals surface area contributed by atoms with Crippen LogP contribution in [0.25, 0.3) is 0 Å². The fourth-order valence-electron chi connectivity index (χ4n) is 2.93. The van der Waals surface area contributed by atoms with E-state index in [1.54, 1.807) is 30.3 Å². The van der Waals surface area contributed by atoms with Crippen LogP contribution < -0.4 is 19.7 Å². The molecule has 0 aromatic heterocycles. The molecular formula is C20H20N2O6. The molecule has 8 heteroatoms. The average molecular weight is 384 g/mol. The first-order valence-corrected chi connectivity index (χ1v) is 8.68. The number of para-hydroxylation sites is 2. The summed E-state index contributed by atoms with van der Waals surface area (Å²) in [6.45, 7) is 0.354. The van der Waals surface area contributed by atoms with E-state index in [9.17, 15) is 19.5 Å². The van der Waals surface area contributed by atoms with E-state index in [2.05, 4.69) is 5.32 Å². The van der Waals surface area contributed by atoms with E-state index in [1.165, 1.54) is 18.1 Å². The van der Waals surface area contributed by atoms with Crippen molar-refractivity contribution in [3.05, 3.63) is 53.6 Å². The molecule has 0 atom stereocenters. The summed E-state index contributed by atoms with van der Waals surface area (Å²) in [5.74, 6) is -0.680. The summed E-state index contributed by atoms with van der Waals surface area (Å²) < 4.78 is 10.4. The molecule has 28 heavy (non-hydrogen) atoms. The number of amides is 2. The molecule has 0 aliphatic carbocycles. The summed E-state index contributed by atoms with van der Waals surface area (Å²) in [6, 6.07) is 11.9. The smallest absolute Gasteiger partial charge is 0.339 e. The molecular weight excluding hydrogens is 364 g/mol. The largest absolute Gasteiger partial charge is 0.496 e. The molecule has 1 aliphatic rings. The van der Waals surface area contributed by atoms with Crippen LogP contribution >= 0.6 is 0 Å². The highest BCUT2D eigenvalue weighted by Crippen LogP contribution is 2.31. The molecule has 2 aromatic rings. The summed E-state index contributed by atoms with van der Waals surface area (Å²) in [4.78, 5) is 37.1. The third-order valence-electron chi connectivity index (χ3n) is 4.35. The van der Waals surface area contributed by atoms with Crippen LogP contribution in [0.4, 0.5) is 5.69 Å². The van der Waals surface area contributed by atoms with Crippen LogP contribution in [0.2, 0.25) is 0 Å². The minimum absolute atomic E-state index is 0.0322. The van der Waals surface area contributed by atoms with Gasteiger partial charge in [0.05, 0.1) is 12.8 Å². The first-order valence-electron chi connectivity index (χ1n) is 8.68. The first kappa shape index (κ1) is 19.2. The molecule has 2 N–H and O–H groups in total. The fourth-order valence-corrected chi connectivity index (χ4v) is 2.93. The number of methoxy groups -OCH3 is 1. The van der Waals surface area contributed by atoms with Gasteiger partial charge in [-0.3, -0.25) is 9.59 Å². The molecule has 1 aliphatic heterocycles. The fraction of sp³-hybridized carbons (Fsp3) is 0.250. The number of hydrogen-bond acceptors (Lipinski definition) is 5. The number of anilines is 1. The highest BCUT2D eigenvalue weighted by molar-refractivity contribution is 5.98. The number of carbonyl (C=O) groups excluding carboxylic acids is 2. The van der Waals surface area contributed by atoms with Crippen LogP contribution in [0.3, 0.4) is 0 Å². The zero-order chi connectivity index (χ0) is 20.1. The van der Waals surface area contributed by atoms with Gasteiger partial charge >= 0.3 is 5.97 Å². The van der Waals surface area contributed by atoms with Gasteiger partial charge in [-0.05, 0) is 29.8 Å². The van der Waals surface area contributed by atoms with Crippen molar-refractivity contribution in [1.29, 1.82) is 0 Å². The third-order valence-corrected chi connectivity index (χ3v) is 4.35. The van der Waals surface area contributed by atoms with Crippen LogP contribution in [-0.2, 0) is 16.1 Å². The van der Waals surface area contributed by atoms with E-state index in [4.69, 9.17) is 9.47 Å². The summed E-state index contributed by atoms with van der Waals surface area (Å²) in [6.07, 6.45) is 0.113. The van der Waals surface area contributed by atoms with E-state index in [-0.39, 0.29) is 49.2 Å². The number of rotatable bonds is 7. The van der Waals surface area contributed by atoms with Gasteiger partial charge in [0, 0.05) is 19.5 Å². The zero-order valence-electron chi connectivity index (χ0n) is 15.3. The molecule has 146 valence electrons. The Bertz CT molecular complexity index is 911. The molecule has 2 amide bonds. The van der Waals surface area contributed by atoms with Crippen molar-refractivity contribution in [3.8, 4) is 11.5 Å². The Hall–Kier alpha value is -3.55. The molecule has 0 unspecified atom stereocenters. The Morgan fingerprint density at radius 1 is 1.25 bits per heavy atom. The lowest BCUT2D eigenvalue weighted by molar-refractivity contribution is -0.122. The van der Waals surface area contributed by atoms with E-state index in [0.717, 1.165) is 0 Å². The number of ether oxygens (including phenoxy) is 2. The standard InChI is InChI=1S/C20H20N2O6/c1-27-16-7-6-13(10-14(16)20(25)26)11-21-18(23)8-9-22-15-4-2-3-5-17(15)28-12-19(22)24/h2-7,10H,8-9,11-12H2,1H3,(H,21,23)(H,25,26). The lowest BCUT2D eigenvalue weighted by Gasteiger charge is -2.29. The number of fused-ring (bicyclic) bond motifs is 1. The molecule has 0 saturated heterocycles. The van der Waals surface area contributed by atoms with Crippen LogP contribution in [0.5, 0.6) is 11.5 Å². The first-order chi connectivity index (χ1) is 13.5. The number of nitrogens with one attached hydrogen (secondary N) is 1. The van der Waals surface area contributed by atoms with Gasteiger partial charge in [-0.15, -0.1) is 0 Å². The van der Waals surface area contributed by atoms with E-state index >= 15 is 0 Å². The number of carbonyl (C=O) groups is 3. The van der Waals surface area contributed by atoms with Crippen LogP contribution in [-0.4, -0.2) is 43.2 Å². The molecule has 0 radical (unpaired) electrons. The number of carboxylic acids is 1. The topological polar surface area (TPSA) is 105 Å². The van der Waals surface area contributed by atoms with Gasteiger partial charge in [0.1, 0.15) is 17.1 Å². The number of benzene rings is 2. The number of aromatic carboxylic acids is 1. The Morgan fingerprint density at radius 2 is 2.04 bits per heavy atom. The summed E-state index contributed by atoms with van der Waals surface area (Å²) in [7, 11) is 1.40. The lowest BCUT2D eigenvalue weighted by atomic mass is 10.1. The number of nitrogens with zero attached hydrogens (tertiary/aromatic N) is 1. The number of carboxylic acid groups (broad SMARTS) is 1. The van der Waals surface area contributed by atoms with E-state index in [0.29, 0.717) is 17.0 Å². The third kappa shape index (κ3) is 4.22.